The topological polar surface area (TPSA) is 140 Å². The minimum Gasteiger partial charge on any atom is -0.478 e. The molecular weight excluding hydrogens is 392 g/mol. The monoisotopic (exact) mass is 408 g/mol. The number of carboxylic acids is 1. The number of rotatable bonds is 3. The molecule has 0 saturated carbocycles. The summed E-state index contributed by atoms with van der Waals surface area (Å²) in [7, 11) is 0. The average molecular weight is 408 g/mol. The molecule has 0 saturated heterocycles. The van der Waals surface area contributed by atoms with Crippen LogP contribution in [0.4, 0.5) is 5.82 Å². The molecule has 0 bridgehead atoms. The lowest BCUT2D eigenvalue weighted by molar-refractivity contribution is 0.0697. The van der Waals surface area contributed by atoms with Gasteiger partial charge in [0, 0.05) is 11.1 Å². The quantitative estimate of drug-likeness (QED) is 0.476. The molecule has 0 atom stereocenters. The lowest BCUT2D eigenvalue weighted by Crippen LogP contribution is -2.21. The van der Waals surface area contributed by atoms with Gasteiger partial charge in [-0.1, -0.05) is 24.8 Å². The third-order valence-corrected chi connectivity index (χ3v) is 5.24. The Morgan fingerprint density at radius 3 is 2.58 bits per heavy atom. The first kappa shape index (κ1) is 19.6. The number of aromatic nitrogens is 1. The molecule has 0 radical (unpaired) electrons. The summed E-state index contributed by atoms with van der Waals surface area (Å²) in [5.74, 6) is -0.0140. The first-order valence-corrected chi connectivity index (χ1v) is 9.24. The number of pyridine rings is 1. The lowest BCUT2D eigenvalue weighted by atomic mass is 10.0. The van der Waals surface area contributed by atoms with Crippen molar-refractivity contribution < 1.29 is 14.3 Å². The number of hydrogen-bond acceptors (Lipinski definition) is 5. The molecule has 2 aliphatic rings. The second-order valence-corrected chi connectivity index (χ2v) is 6.98. The van der Waals surface area contributed by atoms with Gasteiger partial charge >= 0.3 is 5.97 Å². The van der Waals surface area contributed by atoms with Crippen LogP contribution in [0.5, 0.6) is 0 Å². The summed E-state index contributed by atoms with van der Waals surface area (Å²) in [6.07, 6.45) is 1.72. The van der Waals surface area contributed by atoms with Crippen molar-refractivity contribution >= 4 is 24.4 Å². The molecule has 7 nitrogen and oxygen atoms in total. The van der Waals surface area contributed by atoms with E-state index in [4.69, 9.17) is 10.2 Å². The van der Waals surface area contributed by atoms with Gasteiger partial charge in [0.05, 0.1) is 22.4 Å². The number of aromatic amines is 1. The van der Waals surface area contributed by atoms with E-state index in [1.807, 2.05) is 0 Å². The number of carboxylic acid groups (broad SMARTS) is 1. The zero-order valence-corrected chi connectivity index (χ0v) is 16.5. The van der Waals surface area contributed by atoms with E-state index >= 15 is 0 Å². The summed E-state index contributed by atoms with van der Waals surface area (Å²) < 4.78 is 5.90. The molecule has 1 aliphatic carbocycles. The smallest absolute Gasteiger partial charge is 0.336 e. The number of fused-ring (bicyclic) bond motifs is 1. The molecule has 4 N–H and O–H groups in total. The molecule has 31 heavy (non-hydrogen) atoms. The van der Waals surface area contributed by atoms with Crippen molar-refractivity contribution in [3.63, 3.8) is 0 Å². The molecule has 0 amide bonds. The number of furan rings is 1. The highest BCUT2D eigenvalue weighted by Gasteiger charge is 2.22. The molecule has 0 unspecified atom stereocenters. The molecule has 7 heteroatoms. The number of carbonyl (C=O) groups is 1. The van der Waals surface area contributed by atoms with E-state index in [0.29, 0.717) is 55.5 Å². The number of nitriles is 2. The van der Waals surface area contributed by atoms with Crippen molar-refractivity contribution in [1.29, 1.82) is 10.5 Å². The third kappa shape index (κ3) is 3.02. The highest BCUT2D eigenvalue weighted by molar-refractivity contribution is 5.95. The Kier molecular flexibility index (Phi) is 4.58. The van der Waals surface area contributed by atoms with Gasteiger partial charge in [0.2, 0.25) is 0 Å². The van der Waals surface area contributed by atoms with E-state index in [-0.39, 0.29) is 11.4 Å². The SMILES string of the molecule is C=c1c(C#N)c2[nH]c(N)c(C#N)c(C)c-2/c1=C\c1ccc(-c2ccccc2C(=O)O)o1. The molecule has 150 valence electrons. The van der Waals surface area contributed by atoms with Gasteiger partial charge in [-0.05, 0) is 47.2 Å². The Morgan fingerprint density at radius 2 is 1.90 bits per heavy atom. The second-order valence-electron chi connectivity index (χ2n) is 6.98. The molecule has 1 aromatic carbocycles. The van der Waals surface area contributed by atoms with Gasteiger partial charge in [0.1, 0.15) is 29.5 Å². The Bertz CT molecular complexity index is 1530. The summed E-state index contributed by atoms with van der Waals surface area (Å²) in [5, 5.41) is 29.6. The Balaban J connectivity index is 1.97. The molecule has 0 fully saturated rings. The third-order valence-electron chi connectivity index (χ3n) is 5.24. The fourth-order valence-electron chi connectivity index (χ4n) is 3.76. The van der Waals surface area contributed by atoms with Crippen molar-refractivity contribution in [2.45, 2.75) is 6.92 Å². The van der Waals surface area contributed by atoms with Gasteiger partial charge in [0.25, 0.3) is 0 Å². The Morgan fingerprint density at radius 1 is 1.19 bits per heavy atom. The molecule has 2 heterocycles. The van der Waals surface area contributed by atoms with Crippen LogP contribution in [0.15, 0.2) is 40.8 Å². The number of nitrogens with two attached hydrogens (primary N) is 1. The second kappa shape index (κ2) is 7.25. The number of anilines is 1. The zero-order valence-electron chi connectivity index (χ0n) is 16.5. The van der Waals surface area contributed by atoms with Gasteiger partial charge in [-0.3, -0.25) is 0 Å². The number of hydrogen-bond donors (Lipinski definition) is 3. The first-order valence-electron chi connectivity index (χ1n) is 9.24. The van der Waals surface area contributed by atoms with Crippen molar-refractivity contribution in [2.24, 2.45) is 0 Å². The average Bonchev–Trinajstić information content (AvgIpc) is 3.31. The number of H-pyrrole nitrogens is 1. The van der Waals surface area contributed by atoms with E-state index in [0.717, 1.165) is 0 Å². The minimum absolute atomic E-state index is 0.131. The molecular formula is C24H16N4O3. The van der Waals surface area contributed by atoms with Crippen LogP contribution in [-0.2, 0) is 0 Å². The maximum Gasteiger partial charge on any atom is 0.336 e. The van der Waals surface area contributed by atoms with Crippen molar-refractivity contribution in [2.75, 3.05) is 5.73 Å². The van der Waals surface area contributed by atoms with Crippen LogP contribution in [0.1, 0.15) is 32.8 Å². The van der Waals surface area contributed by atoms with E-state index < -0.39 is 5.97 Å². The summed E-state index contributed by atoms with van der Waals surface area (Å²) >= 11 is 0. The number of nitrogen functional groups attached to an aromatic ring is 1. The van der Waals surface area contributed by atoms with Gasteiger partial charge in [-0.2, -0.15) is 10.5 Å². The summed E-state index contributed by atoms with van der Waals surface area (Å²) in [6.45, 7) is 5.80. The van der Waals surface area contributed by atoms with Crippen LogP contribution in [0.3, 0.4) is 0 Å². The largest absolute Gasteiger partial charge is 0.478 e. The number of benzene rings is 1. The van der Waals surface area contributed by atoms with E-state index in [1.54, 1.807) is 43.3 Å². The van der Waals surface area contributed by atoms with Crippen LogP contribution >= 0.6 is 0 Å². The zero-order chi connectivity index (χ0) is 22.3. The number of nitrogens with one attached hydrogen (secondary N) is 1. The molecule has 2 aromatic rings. The molecule has 1 aliphatic heterocycles. The summed E-state index contributed by atoms with van der Waals surface area (Å²) in [4.78, 5) is 14.5. The maximum atomic E-state index is 11.5. The van der Waals surface area contributed by atoms with Gasteiger partial charge in [-0.15, -0.1) is 0 Å². The Labute approximate surface area is 176 Å². The van der Waals surface area contributed by atoms with Crippen LogP contribution < -0.4 is 16.2 Å². The summed E-state index contributed by atoms with van der Waals surface area (Å²) in [5.41, 5.74) is 8.98. The predicted octanol–water partition coefficient (Wildman–Crippen LogP) is 2.95. The van der Waals surface area contributed by atoms with E-state index in [9.17, 15) is 20.4 Å². The van der Waals surface area contributed by atoms with Crippen LogP contribution in [-0.4, -0.2) is 16.1 Å². The van der Waals surface area contributed by atoms with Crippen LogP contribution in [0.2, 0.25) is 0 Å². The normalized spacial score (nSPS) is 11.4. The lowest BCUT2D eigenvalue weighted by Gasteiger charge is -2.10. The summed E-state index contributed by atoms with van der Waals surface area (Å²) in [6, 6.07) is 14.2. The molecule has 1 aromatic heterocycles. The van der Waals surface area contributed by atoms with Gasteiger partial charge < -0.3 is 20.2 Å². The van der Waals surface area contributed by atoms with Gasteiger partial charge in [0.15, 0.2) is 0 Å². The fourth-order valence-corrected chi connectivity index (χ4v) is 3.76. The first-order chi connectivity index (χ1) is 14.9. The van der Waals surface area contributed by atoms with Crippen molar-refractivity contribution in [1.82, 2.24) is 4.98 Å². The minimum atomic E-state index is -1.05. The highest BCUT2D eigenvalue weighted by Crippen LogP contribution is 2.29. The maximum absolute atomic E-state index is 11.5. The standard InChI is InChI=1S/C24H16N4O3/c1-12-17(21-13(2)19(11-26)23(27)28-22(21)18(12)10-25)9-14-7-8-20(31-14)15-5-3-4-6-16(15)24(29)30/h3-9,28H,1,27H2,2H3,(H,29,30)/b17-9-. The molecule has 0 spiro atoms. The van der Waals surface area contributed by atoms with Crippen LogP contribution in [0.25, 0.3) is 35.2 Å². The van der Waals surface area contributed by atoms with Crippen molar-refractivity contribution in [3.8, 4) is 34.7 Å². The van der Waals surface area contributed by atoms with E-state index in [1.165, 1.54) is 6.07 Å². The molecule has 4 rings (SSSR count). The predicted molar refractivity (Wildman–Crippen MR) is 115 cm³/mol. The van der Waals surface area contributed by atoms with Crippen LogP contribution in [0, 0.1) is 29.6 Å². The fraction of sp³-hybridized carbons (Fsp3) is 0.0417. The van der Waals surface area contributed by atoms with Gasteiger partial charge in [-0.25, -0.2) is 4.79 Å². The number of aromatic carboxylic acids is 1. The number of nitrogens with zero attached hydrogens (tertiary/aromatic N) is 2. The van der Waals surface area contributed by atoms with E-state index in [2.05, 4.69) is 23.7 Å². The highest BCUT2D eigenvalue weighted by atomic mass is 16.4. The van der Waals surface area contributed by atoms with Crippen molar-refractivity contribution in [3.05, 3.63) is 74.8 Å². The Hall–Kier alpha value is -4.75.